The van der Waals surface area contributed by atoms with Crippen LogP contribution in [0.5, 0.6) is 0 Å². The normalized spacial score (nSPS) is 19.9. The van der Waals surface area contributed by atoms with Crippen LogP contribution >= 0.6 is 15.9 Å². The van der Waals surface area contributed by atoms with Gasteiger partial charge in [0.25, 0.3) is 5.91 Å². The van der Waals surface area contributed by atoms with E-state index >= 15 is 0 Å². The van der Waals surface area contributed by atoms with Crippen LogP contribution in [0, 0.1) is 0 Å². The number of ether oxygens (including phenoxy) is 1. The van der Waals surface area contributed by atoms with Crippen molar-refractivity contribution in [3.63, 3.8) is 0 Å². The molecule has 0 atom stereocenters. The standard InChI is InChI=1S/C12H14BrNO2/c1-12(2)11(15)14(6-7-16-12)10-5-3-4-9(13)8-10/h3-5,8H,6-7H2,1-2H3. The van der Waals surface area contributed by atoms with E-state index in [1.165, 1.54) is 0 Å². The molecule has 2 rings (SSSR count). The maximum atomic E-state index is 12.1. The largest absolute Gasteiger partial charge is 0.364 e. The highest BCUT2D eigenvalue weighted by Gasteiger charge is 2.37. The van der Waals surface area contributed by atoms with Gasteiger partial charge in [-0.25, -0.2) is 0 Å². The van der Waals surface area contributed by atoms with Gasteiger partial charge in [-0.3, -0.25) is 4.79 Å². The number of halogens is 1. The molecule has 1 aliphatic heterocycles. The molecule has 1 saturated heterocycles. The maximum absolute atomic E-state index is 12.1. The molecule has 0 bridgehead atoms. The predicted molar refractivity (Wildman–Crippen MR) is 66.5 cm³/mol. The summed E-state index contributed by atoms with van der Waals surface area (Å²) in [5, 5.41) is 0. The lowest BCUT2D eigenvalue weighted by Crippen LogP contribution is -2.53. The van der Waals surface area contributed by atoms with Gasteiger partial charge in [0.2, 0.25) is 0 Å². The molecule has 1 fully saturated rings. The summed E-state index contributed by atoms with van der Waals surface area (Å²) in [5.41, 5.74) is 0.191. The van der Waals surface area contributed by atoms with Crippen molar-refractivity contribution in [1.29, 1.82) is 0 Å². The van der Waals surface area contributed by atoms with Crippen LogP contribution in [-0.2, 0) is 9.53 Å². The van der Waals surface area contributed by atoms with Crippen LogP contribution in [-0.4, -0.2) is 24.7 Å². The Labute approximate surface area is 104 Å². The Hall–Kier alpha value is -0.870. The van der Waals surface area contributed by atoms with E-state index in [-0.39, 0.29) is 5.91 Å². The van der Waals surface area contributed by atoms with E-state index < -0.39 is 5.60 Å². The third-order valence-corrected chi connectivity index (χ3v) is 3.15. The van der Waals surface area contributed by atoms with Gasteiger partial charge < -0.3 is 9.64 Å². The molecule has 0 radical (unpaired) electrons. The van der Waals surface area contributed by atoms with Crippen LogP contribution < -0.4 is 4.90 Å². The summed E-state index contributed by atoms with van der Waals surface area (Å²) in [7, 11) is 0. The highest BCUT2D eigenvalue weighted by molar-refractivity contribution is 9.10. The lowest BCUT2D eigenvalue weighted by molar-refractivity contribution is -0.144. The number of rotatable bonds is 1. The molecule has 3 nitrogen and oxygen atoms in total. The van der Waals surface area contributed by atoms with Crippen molar-refractivity contribution in [2.24, 2.45) is 0 Å². The SMILES string of the molecule is CC1(C)OCCN(c2cccc(Br)c2)C1=O. The molecule has 86 valence electrons. The first-order chi connectivity index (χ1) is 7.50. The average molecular weight is 284 g/mol. The van der Waals surface area contributed by atoms with Gasteiger partial charge in [-0.2, -0.15) is 0 Å². The molecule has 0 aliphatic carbocycles. The third-order valence-electron chi connectivity index (χ3n) is 2.66. The number of benzene rings is 1. The van der Waals surface area contributed by atoms with Gasteiger partial charge in [-0.05, 0) is 32.0 Å². The molecule has 1 aliphatic rings. The van der Waals surface area contributed by atoms with Gasteiger partial charge in [0, 0.05) is 16.7 Å². The number of carbonyl (C=O) groups excluding carboxylic acids is 1. The van der Waals surface area contributed by atoms with E-state index in [9.17, 15) is 4.79 Å². The number of carbonyl (C=O) groups is 1. The van der Waals surface area contributed by atoms with E-state index in [4.69, 9.17) is 4.74 Å². The quantitative estimate of drug-likeness (QED) is 0.793. The first-order valence-electron chi connectivity index (χ1n) is 5.22. The average Bonchev–Trinajstić information content (AvgIpc) is 2.22. The van der Waals surface area contributed by atoms with Gasteiger partial charge in [0.1, 0.15) is 5.60 Å². The minimum atomic E-state index is -0.722. The summed E-state index contributed by atoms with van der Waals surface area (Å²) < 4.78 is 6.43. The Balaban J connectivity index is 2.31. The zero-order valence-electron chi connectivity index (χ0n) is 9.37. The third kappa shape index (κ3) is 2.13. The monoisotopic (exact) mass is 283 g/mol. The first-order valence-corrected chi connectivity index (χ1v) is 6.01. The number of nitrogens with zero attached hydrogens (tertiary/aromatic N) is 1. The Morgan fingerprint density at radius 3 is 2.88 bits per heavy atom. The fourth-order valence-corrected chi connectivity index (χ4v) is 2.16. The van der Waals surface area contributed by atoms with Crippen LogP contribution in [0.3, 0.4) is 0 Å². The van der Waals surface area contributed by atoms with Crippen molar-refractivity contribution in [2.45, 2.75) is 19.4 Å². The molecule has 1 aromatic carbocycles. The molecular weight excluding hydrogens is 270 g/mol. The van der Waals surface area contributed by atoms with Crippen molar-refractivity contribution < 1.29 is 9.53 Å². The summed E-state index contributed by atoms with van der Waals surface area (Å²) in [5.74, 6) is 0.0110. The minimum Gasteiger partial charge on any atom is -0.364 e. The molecule has 0 saturated carbocycles. The first kappa shape index (κ1) is 11.6. The highest BCUT2D eigenvalue weighted by atomic mass is 79.9. The molecular formula is C12H14BrNO2. The van der Waals surface area contributed by atoms with Gasteiger partial charge >= 0.3 is 0 Å². The number of hydrogen-bond donors (Lipinski definition) is 0. The van der Waals surface area contributed by atoms with Crippen molar-refractivity contribution in [3.8, 4) is 0 Å². The fourth-order valence-electron chi connectivity index (χ4n) is 1.77. The number of anilines is 1. The van der Waals surface area contributed by atoms with Gasteiger partial charge in [-0.15, -0.1) is 0 Å². The van der Waals surface area contributed by atoms with Crippen molar-refractivity contribution in [3.05, 3.63) is 28.7 Å². The topological polar surface area (TPSA) is 29.5 Å². The van der Waals surface area contributed by atoms with Crippen LogP contribution in [0.2, 0.25) is 0 Å². The molecule has 0 aromatic heterocycles. The van der Waals surface area contributed by atoms with Gasteiger partial charge in [0.15, 0.2) is 0 Å². The van der Waals surface area contributed by atoms with Crippen LogP contribution in [0.25, 0.3) is 0 Å². The lowest BCUT2D eigenvalue weighted by Gasteiger charge is -2.37. The summed E-state index contributed by atoms with van der Waals surface area (Å²) in [4.78, 5) is 13.9. The molecule has 0 unspecified atom stereocenters. The molecule has 0 spiro atoms. The fraction of sp³-hybridized carbons (Fsp3) is 0.417. The van der Waals surface area contributed by atoms with Crippen molar-refractivity contribution in [1.82, 2.24) is 0 Å². The van der Waals surface area contributed by atoms with Gasteiger partial charge in [0.05, 0.1) is 6.61 Å². The van der Waals surface area contributed by atoms with E-state index in [0.717, 1.165) is 10.2 Å². The Morgan fingerprint density at radius 2 is 2.19 bits per heavy atom. The van der Waals surface area contributed by atoms with Gasteiger partial charge in [-0.1, -0.05) is 22.0 Å². The van der Waals surface area contributed by atoms with Crippen molar-refractivity contribution >= 4 is 27.5 Å². The zero-order valence-corrected chi connectivity index (χ0v) is 11.0. The molecule has 1 heterocycles. The minimum absolute atomic E-state index is 0.0110. The molecule has 1 amide bonds. The van der Waals surface area contributed by atoms with E-state index in [0.29, 0.717) is 13.2 Å². The second-order valence-corrected chi connectivity index (χ2v) is 5.21. The summed E-state index contributed by atoms with van der Waals surface area (Å²) in [6, 6.07) is 7.75. The summed E-state index contributed by atoms with van der Waals surface area (Å²) in [6.07, 6.45) is 0. The Kier molecular flexibility index (Phi) is 3.04. The molecule has 1 aromatic rings. The lowest BCUT2D eigenvalue weighted by atomic mass is 10.1. The summed E-state index contributed by atoms with van der Waals surface area (Å²) in [6.45, 7) is 4.79. The van der Waals surface area contributed by atoms with Crippen LogP contribution in [0.15, 0.2) is 28.7 Å². The number of hydrogen-bond acceptors (Lipinski definition) is 2. The second-order valence-electron chi connectivity index (χ2n) is 4.30. The summed E-state index contributed by atoms with van der Waals surface area (Å²) >= 11 is 3.41. The predicted octanol–water partition coefficient (Wildman–Crippen LogP) is 2.59. The smallest absolute Gasteiger partial charge is 0.258 e. The number of morpholine rings is 1. The Bertz CT molecular complexity index is 417. The molecule has 16 heavy (non-hydrogen) atoms. The molecule has 4 heteroatoms. The van der Waals surface area contributed by atoms with Crippen molar-refractivity contribution in [2.75, 3.05) is 18.1 Å². The van der Waals surface area contributed by atoms with Crippen LogP contribution in [0.1, 0.15) is 13.8 Å². The second kappa shape index (κ2) is 4.18. The highest BCUT2D eigenvalue weighted by Crippen LogP contribution is 2.26. The van der Waals surface area contributed by atoms with Crippen LogP contribution in [0.4, 0.5) is 5.69 Å². The zero-order chi connectivity index (χ0) is 11.8. The number of amides is 1. The maximum Gasteiger partial charge on any atom is 0.258 e. The van der Waals surface area contributed by atoms with E-state index in [2.05, 4.69) is 15.9 Å². The van der Waals surface area contributed by atoms with E-state index in [1.54, 1.807) is 18.7 Å². The Morgan fingerprint density at radius 1 is 1.44 bits per heavy atom. The van der Waals surface area contributed by atoms with E-state index in [1.807, 2.05) is 24.3 Å². The molecule has 0 N–H and O–H groups in total.